The molecular formula is C3H5ClN2S. The van der Waals surface area contributed by atoms with Gasteiger partial charge in [0.05, 0.1) is 6.54 Å². The lowest BCUT2D eigenvalue weighted by atomic mass is 10.8. The SMILES string of the molecule is Cl.S=C1N=CCN1. The fraction of sp³-hybridized carbons (Fsp3) is 0.333. The number of nitrogens with one attached hydrogen (secondary N) is 1. The van der Waals surface area contributed by atoms with Gasteiger partial charge in [-0.2, -0.15) is 0 Å². The summed E-state index contributed by atoms with van der Waals surface area (Å²) in [7, 11) is 0. The number of nitrogens with zero attached hydrogens (tertiary/aromatic N) is 1. The first kappa shape index (κ1) is 6.85. The monoisotopic (exact) mass is 136 g/mol. The van der Waals surface area contributed by atoms with Crippen LogP contribution in [0.15, 0.2) is 4.99 Å². The summed E-state index contributed by atoms with van der Waals surface area (Å²) < 4.78 is 0. The molecule has 0 bridgehead atoms. The standard InChI is InChI=1S/C3H4N2S.ClH/c6-3-4-1-2-5-3;/h1H,2H2,(H,5,6);1H. The average molecular weight is 137 g/mol. The summed E-state index contributed by atoms with van der Waals surface area (Å²) in [5, 5.41) is 3.44. The number of halogens is 1. The van der Waals surface area contributed by atoms with Crippen molar-refractivity contribution in [3.8, 4) is 0 Å². The molecule has 1 N–H and O–H groups in total. The maximum absolute atomic E-state index is 4.61. The van der Waals surface area contributed by atoms with Gasteiger partial charge < -0.3 is 5.32 Å². The maximum atomic E-state index is 4.61. The normalized spacial score (nSPS) is 15.7. The Kier molecular flexibility index (Phi) is 2.87. The zero-order valence-electron chi connectivity index (χ0n) is 3.55. The summed E-state index contributed by atoms with van der Waals surface area (Å²) in [6, 6.07) is 0. The summed E-state index contributed by atoms with van der Waals surface area (Å²) in [4.78, 5) is 3.73. The molecule has 0 aliphatic carbocycles. The molecule has 0 spiro atoms. The number of aliphatic imine (C=N–C) groups is 1. The minimum Gasteiger partial charge on any atom is -0.356 e. The molecule has 0 unspecified atom stereocenters. The maximum Gasteiger partial charge on any atom is 0.192 e. The molecule has 1 aliphatic rings. The van der Waals surface area contributed by atoms with Gasteiger partial charge in [0.15, 0.2) is 5.11 Å². The van der Waals surface area contributed by atoms with Crippen LogP contribution >= 0.6 is 24.6 Å². The Morgan fingerprint density at radius 1 is 1.86 bits per heavy atom. The minimum absolute atomic E-state index is 0. The second-order valence-corrected chi connectivity index (χ2v) is 1.38. The molecule has 0 saturated heterocycles. The number of hydrogen-bond acceptors (Lipinski definition) is 1. The summed E-state index contributed by atoms with van der Waals surface area (Å²) >= 11 is 4.61. The van der Waals surface area contributed by atoms with Crippen molar-refractivity contribution in [1.29, 1.82) is 0 Å². The van der Waals surface area contributed by atoms with Crippen LogP contribution in [0, 0.1) is 0 Å². The predicted molar refractivity (Wildman–Crippen MR) is 36.3 cm³/mol. The van der Waals surface area contributed by atoms with E-state index in [1.807, 2.05) is 0 Å². The highest BCUT2D eigenvalue weighted by molar-refractivity contribution is 7.80. The van der Waals surface area contributed by atoms with Crippen molar-refractivity contribution in [2.24, 2.45) is 4.99 Å². The van der Waals surface area contributed by atoms with Crippen molar-refractivity contribution in [1.82, 2.24) is 5.32 Å². The third-order valence-electron chi connectivity index (χ3n) is 0.553. The molecule has 0 fully saturated rings. The van der Waals surface area contributed by atoms with Crippen molar-refractivity contribution < 1.29 is 0 Å². The van der Waals surface area contributed by atoms with Gasteiger partial charge in [0, 0.05) is 6.21 Å². The Bertz CT molecular complexity index is 101. The van der Waals surface area contributed by atoms with E-state index in [0.29, 0.717) is 5.11 Å². The first-order valence-electron chi connectivity index (χ1n) is 1.70. The molecular weight excluding hydrogens is 132 g/mol. The molecule has 0 aromatic rings. The van der Waals surface area contributed by atoms with E-state index in [4.69, 9.17) is 0 Å². The summed E-state index contributed by atoms with van der Waals surface area (Å²) in [6.45, 7) is 0.804. The van der Waals surface area contributed by atoms with Crippen LogP contribution in [-0.2, 0) is 0 Å². The van der Waals surface area contributed by atoms with Gasteiger partial charge in [-0.15, -0.1) is 12.4 Å². The van der Waals surface area contributed by atoms with E-state index in [0.717, 1.165) is 6.54 Å². The molecule has 0 aromatic carbocycles. The third-order valence-corrected chi connectivity index (χ3v) is 0.803. The van der Waals surface area contributed by atoms with Gasteiger partial charge in [-0.3, -0.25) is 0 Å². The molecule has 40 valence electrons. The predicted octanol–water partition coefficient (Wildman–Crippen LogP) is 0.367. The Balaban J connectivity index is 0.000000360. The van der Waals surface area contributed by atoms with E-state index in [-0.39, 0.29) is 12.4 Å². The zero-order chi connectivity index (χ0) is 4.41. The van der Waals surface area contributed by atoms with Gasteiger partial charge in [-0.25, -0.2) is 4.99 Å². The molecule has 0 saturated carbocycles. The lowest BCUT2D eigenvalue weighted by Gasteiger charge is -1.82. The highest BCUT2D eigenvalue weighted by atomic mass is 35.5. The van der Waals surface area contributed by atoms with Crippen LogP contribution < -0.4 is 5.32 Å². The van der Waals surface area contributed by atoms with Crippen LogP contribution in [0.4, 0.5) is 0 Å². The summed E-state index contributed by atoms with van der Waals surface area (Å²) in [6.07, 6.45) is 1.75. The topological polar surface area (TPSA) is 24.4 Å². The molecule has 7 heavy (non-hydrogen) atoms. The molecule has 0 radical (unpaired) electrons. The Hall–Kier alpha value is -0.150. The van der Waals surface area contributed by atoms with Gasteiger partial charge in [0.2, 0.25) is 0 Å². The van der Waals surface area contributed by atoms with Crippen LogP contribution in [0.1, 0.15) is 0 Å². The van der Waals surface area contributed by atoms with Crippen LogP contribution in [0.3, 0.4) is 0 Å². The van der Waals surface area contributed by atoms with Crippen molar-refractivity contribution in [2.75, 3.05) is 6.54 Å². The van der Waals surface area contributed by atoms with Crippen molar-refractivity contribution in [3.05, 3.63) is 0 Å². The van der Waals surface area contributed by atoms with Gasteiger partial charge in [-0.1, -0.05) is 0 Å². The number of rotatable bonds is 0. The zero-order valence-corrected chi connectivity index (χ0v) is 5.18. The molecule has 2 nitrogen and oxygen atoms in total. The van der Waals surface area contributed by atoms with E-state index in [9.17, 15) is 0 Å². The summed E-state index contributed by atoms with van der Waals surface area (Å²) in [5.41, 5.74) is 0. The van der Waals surface area contributed by atoms with E-state index >= 15 is 0 Å². The molecule has 0 aromatic heterocycles. The van der Waals surface area contributed by atoms with Gasteiger partial charge in [-0.05, 0) is 12.2 Å². The lowest BCUT2D eigenvalue weighted by Crippen LogP contribution is -2.12. The fourth-order valence-electron chi connectivity index (χ4n) is 0.307. The highest BCUT2D eigenvalue weighted by Crippen LogP contribution is 1.77. The van der Waals surface area contributed by atoms with Crippen LogP contribution in [0.5, 0.6) is 0 Å². The van der Waals surface area contributed by atoms with Crippen molar-refractivity contribution in [3.63, 3.8) is 0 Å². The lowest BCUT2D eigenvalue weighted by molar-refractivity contribution is 1.15. The van der Waals surface area contributed by atoms with Crippen LogP contribution in [0.2, 0.25) is 0 Å². The fourth-order valence-corrected chi connectivity index (χ4v) is 0.465. The van der Waals surface area contributed by atoms with Gasteiger partial charge in [0.1, 0.15) is 0 Å². The van der Waals surface area contributed by atoms with Crippen molar-refractivity contribution >= 4 is 36.0 Å². The first-order valence-corrected chi connectivity index (χ1v) is 2.11. The number of hydrogen-bond donors (Lipinski definition) is 1. The van der Waals surface area contributed by atoms with E-state index in [2.05, 4.69) is 22.5 Å². The van der Waals surface area contributed by atoms with Crippen molar-refractivity contribution in [2.45, 2.75) is 0 Å². The quantitative estimate of drug-likeness (QED) is 0.487. The van der Waals surface area contributed by atoms with E-state index in [1.54, 1.807) is 6.21 Å². The number of thiocarbonyl (C=S) groups is 1. The second-order valence-electron chi connectivity index (χ2n) is 0.998. The molecule has 4 heteroatoms. The first-order chi connectivity index (χ1) is 2.89. The molecule has 1 aliphatic heterocycles. The smallest absolute Gasteiger partial charge is 0.192 e. The second kappa shape index (κ2) is 2.93. The van der Waals surface area contributed by atoms with Crippen LogP contribution in [0.25, 0.3) is 0 Å². The van der Waals surface area contributed by atoms with Gasteiger partial charge >= 0.3 is 0 Å². The third kappa shape index (κ3) is 1.85. The Morgan fingerprint density at radius 2 is 2.57 bits per heavy atom. The minimum atomic E-state index is 0. The van der Waals surface area contributed by atoms with E-state index < -0.39 is 0 Å². The highest BCUT2D eigenvalue weighted by Gasteiger charge is 1.92. The van der Waals surface area contributed by atoms with E-state index in [1.165, 1.54) is 0 Å². The average Bonchev–Trinajstić information content (AvgIpc) is 1.86. The van der Waals surface area contributed by atoms with Crippen LogP contribution in [-0.4, -0.2) is 17.9 Å². The molecule has 0 atom stereocenters. The molecule has 0 amide bonds. The molecule has 1 heterocycles. The Morgan fingerprint density at radius 3 is 2.71 bits per heavy atom. The Labute approximate surface area is 53.4 Å². The van der Waals surface area contributed by atoms with Gasteiger partial charge in [0.25, 0.3) is 0 Å². The summed E-state index contributed by atoms with van der Waals surface area (Å²) in [5.74, 6) is 0. The largest absolute Gasteiger partial charge is 0.356 e. The molecule has 1 rings (SSSR count).